The summed E-state index contributed by atoms with van der Waals surface area (Å²) in [6.45, 7) is 14.8. The second-order valence-electron chi connectivity index (χ2n) is 6.87. The Labute approximate surface area is 213 Å². The molecule has 0 aliphatic rings. The van der Waals surface area contributed by atoms with Crippen LogP contribution in [-0.4, -0.2) is 0 Å². The number of thiophene rings is 2. The zero-order valence-corrected chi connectivity index (χ0v) is 20.3. The second kappa shape index (κ2) is 9.94. The number of rotatable bonds is 2. The molecule has 0 bridgehead atoms. The Morgan fingerprint density at radius 2 is 1.12 bits per heavy atom. The third-order valence-electron chi connectivity index (χ3n) is 4.88. The van der Waals surface area contributed by atoms with Crippen LogP contribution in [0.5, 0.6) is 0 Å². The molecule has 4 aromatic rings. The maximum atomic E-state index is 9.46. The number of nitriles is 2. The van der Waals surface area contributed by atoms with Gasteiger partial charge in [-0.15, -0.1) is 22.7 Å². The van der Waals surface area contributed by atoms with Crippen LogP contribution in [0.25, 0.3) is 43.3 Å². The Balaban J connectivity index is 2.28. The van der Waals surface area contributed by atoms with Crippen molar-refractivity contribution in [2.75, 3.05) is 0 Å². The normalized spacial score (nSPS) is 11.0. The van der Waals surface area contributed by atoms with Crippen LogP contribution >= 0.6 is 45.9 Å². The largest absolute Gasteiger partial charge is 0.536 e. The summed E-state index contributed by atoms with van der Waals surface area (Å²) >= 11 is 14.8. The molecule has 0 aliphatic carbocycles. The van der Waals surface area contributed by atoms with Gasteiger partial charge in [0.1, 0.15) is 35.4 Å². The van der Waals surface area contributed by atoms with E-state index in [-0.39, 0.29) is 11.4 Å². The molecule has 4 nitrogen and oxygen atoms in total. The molecule has 8 heteroatoms. The highest BCUT2D eigenvalue weighted by Crippen LogP contribution is 2.30. The topological polar surface area (TPSA) is 56.3 Å². The average molecular weight is 513 g/mol. The summed E-state index contributed by atoms with van der Waals surface area (Å²) in [7, 11) is 0. The lowest BCUT2D eigenvalue weighted by Gasteiger charge is -2.01. The molecule has 2 aromatic heterocycles. The molecule has 2 aromatic carbocycles. The van der Waals surface area contributed by atoms with E-state index in [0.29, 0.717) is 19.1 Å². The van der Waals surface area contributed by atoms with Crippen molar-refractivity contribution in [1.82, 2.24) is 0 Å². The molecule has 0 atom stereocenters. The van der Waals surface area contributed by atoms with E-state index in [1.54, 1.807) is 24.3 Å². The molecule has 2 heterocycles. The van der Waals surface area contributed by atoms with Crippen molar-refractivity contribution in [1.29, 1.82) is 10.5 Å². The van der Waals surface area contributed by atoms with Crippen LogP contribution in [0, 0.1) is 44.9 Å². The van der Waals surface area contributed by atoms with E-state index in [4.69, 9.17) is 36.3 Å². The summed E-state index contributed by atoms with van der Waals surface area (Å²) in [4.78, 5) is 6.77. The number of hydrogen-bond donors (Lipinski definition) is 0. The van der Waals surface area contributed by atoms with Crippen LogP contribution < -0.4 is 9.06 Å². The maximum Gasteiger partial charge on any atom is 0.536 e. The van der Waals surface area contributed by atoms with Gasteiger partial charge in [0.05, 0.1) is 13.6 Å². The lowest BCUT2D eigenvalue weighted by Crippen LogP contribution is -1.94. The van der Waals surface area contributed by atoms with Crippen molar-refractivity contribution in [2.45, 2.75) is 0 Å². The van der Waals surface area contributed by atoms with Crippen LogP contribution in [0.2, 0.25) is 10.0 Å². The van der Waals surface area contributed by atoms with Crippen LogP contribution in [0.15, 0.2) is 60.7 Å². The van der Waals surface area contributed by atoms with Gasteiger partial charge in [-0.1, -0.05) is 47.5 Å². The molecule has 0 saturated carbocycles. The maximum absolute atomic E-state index is 9.46. The van der Waals surface area contributed by atoms with Crippen molar-refractivity contribution in [3.8, 4) is 34.4 Å². The fourth-order valence-electron chi connectivity index (χ4n) is 3.31. The highest BCUT2D eigenvalue weighted by molar-refractivity contribution is 7.12. The minimum atomic E-state index is -0.0161. The smallest absolute Gasteiger partial charge is 0.192 e. The standard InChI is InChI=1S/C26H10Cl2N4S2/c1-31-26(32-2)23-12-21(16-5-9-19(28)10-6-16)25(34-23)24-20(15-3-7-18(27)8-4-15)11-22(33-24)17(13-29)14-30/h3-12H/b25-24+. The van der Waals surface area contributed by atoms with Gasteiger partial charge in [-0.05, 0) is 47.5 Å². The Hall–Kier alpha value is -3.88. The third kappa shape index (κ3) is 4.46. The molecule has 0 N–H and O–H groups in total. The Bertz CT molecular complexity index is 1640. The second-order valence-corrected chi connectivity index (χ2v) is 9.84. The molecule has 160 valence electrons. The van der Waals surface area contributed by atoms with Crippen LogP contribution in [0.4, 0.5) is 0 Å². The zero-order valence-electron chi connectivity index (χ0n) is 17.1. The molecule has 0 aliphatic heterocycles. The number of hydrogen-bond acceptors (Lipinski definition) is 4. The molecule has 0 saturated heterocycles. The van der Waals surface area contributed by atoms with E-state index in [2.05, 4.69) is 9.69 Å². The van der Waals surface area contributed by atoms with Gasteiger partial charge in [-0.25, -0.2) is 0 Å². The summed E-state index contributed by atoms with van der Waals surface area (Å²) < 4.78 is 2.75. The lowest BCUT2D eigenvalue weighted by molar-refractivity contribution is 1.51. The van der Waals surface area contributed by atoms with Crippen molar-refractivity contribution in [3.63, 3.8) is 0 Å². The molecular formula is C26H10Cl2N4S2. The van der Waals surface area contributed by atoms with Gasteiger partial charge in [0.2, 0.25) is 0 Å². The molecular weight excluding hydrogens is 503 g/mol. The van der Waals surface area contributed by atoms with Crippen molar-refractivity contribution in [2.24, 2.45) is 0 Å². The van der Waals surface area contributed by atoms with Gasteiger partial charge in [-0.2, -0.15) is 20.2 Å². The first kappa shape index (κ1) is 23.3. The Morgan fingerprint density at radius 3 is 1.53 bits per heavy atom. The summed E-state index contributed by atoms with van der Waals surface area (Å²) in [6, 6.07) is 22.2. The lowest BCUT2D eigenvalue weighted by atomic mass is 10.1. The number of halogens is 2. The van der Waals surface area contributed by atoms with E-state index < -0.39 is 0 Å². The molecule has 0 unspecified atom stereocenters. The first-order valence-corrected chi connectivity index (χ1v) is 12.0. The Morgan fingerprint density at radius 1 is 0.706 bits per heavy atom. The summed E-state index contributed by atoms with van der Waals surface area (Å²) in [5, 5.41) is 20.1. The minimum Gasteiger partial charge on any atom is -0.192 e. The van der Waals surface area contributed by atoms with Gasteiger partial charge in [0.15, 0.2) is 0 Å². The molecule has 0 radical (unpaired) electrons. The van der Waals surface area contributed by atoms with Crippen molar-refractivity contribution < 1.29 is 0 Å². The Kier molecular flexibility index (Phi) is 6.81. The fourth-order valence-corrected chi connectivity index (χ4v) is 5.96. The monoisotopic (exact) mass is 512 g/mol. The van der Waals surface area contributed by atoms with Gasteiger partial charge >= 0.3 is 5.82 Å². The highest BCUT2D eigenvalue weighted by Gasteiger charge is 2.14. The number of nitrogens with zero attached hydrogens (tertiary/aromatic N) is 4. The van der Waals surface area contributed by atoms with E-state index in [9.17, 15) is 10.5 Å². The predicted octanol–water partition coefficient (Wildman–Crippen LogP) is 6.84. The third-order valence-corrected chi connectivity index (χ3v) is 7.83. The predicted molar refractivity (Wildman–Crippen MR) is 138 cm³/mol. The molecule has 0 fully saturated rings. The SMILES string of the molecule is [C-]#[N+]C([N+]#[C-])=c1cc(-c2ccc(Cl)cc2)/c(=c2\sc(=C(C#N)C#N)cc2-c2ccc(Cl)cc2)s1. The van der Waals surface area contributed by atoms with Crippen molar-refractivity contribution in [3.05, 3.63) is 112 Å². The summed E-state index contributed by atoms with van der Waals surface area (Å²) in [5.41, 5.74) is 3.42. The van der Waals surface area contributed by atoms with E-state index in [1.807, 2.05) is 48.5 Å². The number of benzene rings is 2. The molecule has 34 heavy (non-hydrogen) atoms. The fraction of sp³-hybridized carbons (Fsp3) is 0. The molecule has 4 rings (SSSR count). The van der Waals surface area contributed by atoms with E-state index >= 15 is 0 Å². The van der Waals surface area contributed by atoms with E-state index in [1.165, 1.54) is 22.7 Å². The van der Waals surface area contributed by atoms with E-state index in [0.717, 1.165) is 31.3 Å². The first-order valence-electron chi connectivity index (χ1n) is 9.58. The summed E-state index contributed by atoms with van der Waals surface area (Å²) in [5.74, 6) is -0.0161. The first-order chi connectivity index (χ1) is 16.5. The van der Waals surface area contributed by atoms with Crippen molar-refractivity contribution >= 4 is 57.3 Å². The van der Waals surface area contributed by atoms with Gasteiger partial charge in [0.25, 0.3) is 0 Å². The van der Waals surface area contributed by atoms with Gasteiger partial charge in [0, 0.05) is 21.2 Å². The summed E-state index contributed by atoms with van der Waals surface area (Å²) in [6.07, 6.45) is 0. The zero-order chi connectivity index (χ0) is 24.2. The highest BCUT2D eigenvalue weighted by atomic mass is 35.5. The van der Waals surface area contributed by atoms with Crippen LogP contribution in [0.3, 0.4) is 0 Å². The molecule has 0 spiro atoms. The average Bonchev–Trinajstić information content (AvgIpc) is 3.47. The molecule has 0 amide bonds. The van der Waals surface area contributed by atoms with Crippen LogP contribution in [0.1, 0.15) is 0 Å². The van der Waals surface area contributed by atoms with Gasteiger partial charge in [-0.3, -0.25) is 0 Å². The van der Waals surface area contributed by atoms with Gasteiger partial charge < -0.3 is 0 Å². The minimum absolute atomic E-state index is 0.0161. The quantitative estimate of drug-likeness (QED) is 0.276. The van der Waals surface area contributed by atoms with Crippen LogP contribution in [-0.2, 0) is 0 Å².